The monoisotopic (exact) mass is 229 g/mol. The van der Waals surface area contributed by atoms with Crippen molar-refractivity contribution < 1.29 is 14.6 Å². The van der Waals surface area contributed by atoms with Gasteiger partial charge in [0.25, 0.3) is 0 Å². The van der Waals surface area contributed by atoms with E-state index in [2.05, 4.69) is 4.90 Å². The van der Waals surface area contributed by atoms with Crippen molar-refractivity contribution in [3.63, 3.8) is 0 Å². The number of ether oxygens (including phenoxy) is 2. The molecule has 1 heterocycles. The van der Waals surface area contributed by atoms with Crippen LogP contribution >= 0.6 is 0 Å². The van der Waals surface area contributed by atoms with Crippen molar-refractivity contribution in [2.24, 2.45) is 5.92 Å². The second-order valence-electron chi connectivity index (χ2n) is 5.18. The van der Waals surface area contributed by atoms with Crippen molar-refractivity contribution in [1.29, 1.82) is 0 Å². The van der Waals surface area contributed by atoms with Gasteiger partial charge in [-0.1, -0.05) is 6.42 Å². The first kappa shape index (κ1) is 12.3. The average molecular weight is 229 g/mol. The summed E-state index contributed by atoms with van der Waals surface area (Å²) in [5.74, 6) is 0.281. The maximum Gasteiger partial charge on any atom is 0.193 e. The average Bonchev–Trinajstić information content (AvgIpc) is 2.23. The Balaban J connectivity index is 1.72. The molecule has 2 aliphatic rings. The first-order chi connectivity index (χ1) is 7.67. The topological polar surface area (TPSA) is 41.9 Å². The first-order valence-corrected chi connectivity index (χ1v) is 6.18. The van der Waals surface area contributed by atoms with E-state index in [0.717, 1.165) is 32.5 Å². The summed E-state index contributed by atoms with van der Waals surface area (Å²) < 4.78 is 10.7. The van der Waals surface area contributed by atoms with Crippen LogP contribution in [0.5, 0.6) is 0 Å². The smallest absolute Gasteiger partial charge is 0.193 e. The Bertz CT molecular complexity index is 222. The third-order valence-corrected chi connectivity index (χ3v) is 3.94. The van der Waals surface area contributed by atoms with Crippen LogP contribution in [-0.2, 0) is 9.47 Å². The van der Waals surface area contributed by atoms with Crippen LogP contribution in [0.1, 0.15) is 25.7 Å². The fraction of sp³-hybridized carbons (Fsp3) is 1.00. The predicted molar refractivity (Wildman–Crippen MR) is 61.2 cm³/mol. The Morgan fingerprint density at radius 2 is 1.94 bits per heavy atom. The van der Waals surface area contributed by atoms with Gasteiger partial charge in [0, 0.05) is 20.8 Å². The van der Waals surface area contributed by atoms with Gasteiger partial charge < -0.3 is 14.6 Å². The molecule has 0 radical (unpaired) electrons. The molecule has 1 saturated carbocycles. The molecule has 2 atom stereocenters. The molecule has 0 spiro atoms. The minimum atomic E-state index is -0.368. The molecule has 1 aliphatic heterocycles. The van der Waals surface area contributed by atoms with Gasteiger partial charge in [0.1, 0.15) is 0 Å². The number of methoxy groups -OCH3 is 2. The quantitative estimate of drug-likeness (QED) is 0.725. The molecule has 1 N–H and O–H groups in total. The molecule has 0 aromatic heterocycles. The van der Waals surface area contributed by atoms with Crippen molar-refractivity contribution in [3.8, 4) is 0 Å². The largest absolute Gasteiger partial charge is 0.393 e. The molecule has 1 saturated heterocycles. The molecule has 0 amide bonds. The summed E-state index contributed by atoms with van der Waals surface area (Å²) in [6.45, 7) is 2.78. The van der Waals surface area contributed by atoms with Crippen LogP contribution in [0.4, 0.5) is 0 Å². The number of rotatable bonds is 4. The number of hydrogen-bond donors (Lipinski definition) is 1. The van der Waals surface area contributed by atoms with Gasteiger partial charge in [0.05, 0.1) is 19.2 Å². The van der Waals surface area contributed by atoms with Crippen LogP contribution in [0.3, 0.4) is 0 Å². The van der Waals surface area contributed by atoms with Gasteiger partial charge in [-0.15, -0.1) is 0 Å². The second kappa shape index (κ2) is 5.00. The molecule has 94 valence electrons. The molecule has 2 fully saturated rings. The van der Waals surface area contributed by atoms with Crippen molar-refractivity contribution in [1.82, 2.24) is 4.90 Å². The van der Waals surface area contributed by atoms with Gasteiger partial charge in [-0.25, -0.2) is 0 Å². The fourth-order valence-electron chi connectivity index (χ4n) is 2.90. The molecule has 2 unspecified atom stereocenters. The zero-order chi connectivity index (χ0) is 11.6. The minimum absolute atomic E-state index is 0.0744. The van der Waals surface area contributed by atoms with Crippen molar-refractivity contribution in [3.05, 3.63) is 0 Å². The van der Waals surface area contributed by atoms with Gasteiger partial charge in [-0.2, -0.15) is 0 Å². The highest BCUT2D eigenvalue weighted by Gasteiger charge is 2.44. The van der Waals surface area contributed by atoms with Crippen LogP contribution in [-0.4, -0.2) is 55.8 Å². The molecule has 4 nitrogen and oxygen atoms in total. The number of nitrogens with zero attached hydrogens (tertiary/aromatic N) is 1. The Kier molecular flexibility index (Phi) is 3.85. The van der Waals surface area contributed by atoms with E-state index in [1.807, 2.05) is 0 Å². The van der Waals surface area contributed by atoms with Crippen LogP contribution in [0.2, 0.25) is 0 Å². The molecule has 16 heavy (non-hydrogen) atoms. The molecule has 4 heteroatoms. The highest BCUT2D eigenvalue weighted by molar-refractivity contribution is 4.90. The molecule has 1 aliphatic carbocycles. The summed E-state index contributed by atoms with van der Waals surface area (Å²) in [7, 11) is 3.40. The lowest BCUT2D eigenvalue weighted by atomic mass is 9.86. The number of aliphatic hydroxyl groups excluding tert-OH is 1. The second-order valence-corrected chi connectivity index (χ2v) is 5.18. The Morgan fingerprint density at radius 1 is 1.25 bits per heavy atom. The third-order valence-electron chi connectivity index (χ3n) is 3.94. The zero-order valence-electron chi connectivity index (χ0n) is 10.3. The summed E-state index contributed by atoms with van der Waals surface area (Å²) in [5, 5.41) is 9.61. The maximum absolute atomic E-state index is 9.61. The van der Waals surface area contributed by atoms with E-state index >= 15 is 0 Å². The zero-order valence-corrected chi connectivity index (χ0v) is 10.3. The van der Waals surface area contributed by atoms with E-state index in [9.17, 15) is 5.11 Å². The lowest BCUT2D eigenvalue weighted by Crippen LogP contribution is -2.64. The Hall–Kier alpha value is -0.160. The van der Waals surface area contributed by atoms with E-state index in [1.165, 1.54) is 12.8 Å². The van der Waals surface area contributed by atoms with Gasteiger partial charge >= 0.3 is 0 Å². The Labute approximate surface area is 97.5 Å². The summed E-state index contributed by atoms with van der Waals surface area (Å²) >= 11 is 0. The Morgan fingerprint density at radius 3 is 2.50 bits per heavy atom. The number of hydrogen-bond acceptors (Lipinski definition) is 4. The van der Waals surface area contributed by atoms with Crippen LogP contribution < -0.4 is 0 Å². The van der Waals surface area contributed by atoms with E-state index < -0.39 is 0 Å². The van der Waals surface area contributed by atoms with Crippen molar-refractivity contribution >= 4 is 0 Å². The lowest BCUT2D eigenvalue weighted by Gasteiger charge is -2.49. The molecular weight excluding hydrogens is 206 g/mol. The highest BCUT2D eigenvalue weighted by atomic mass is 16.7. The van der Waals surface area contributed by atoms with E-state index in [-0.39, 0.29) is 11.9 Å². The van der Waals surface area contributed by atoms with Crippen molar-refractivity contribution in [2.45, 2.75) is 37.6 Å². The van der Waals surface area contributed by atoms with Crippen molar-refractivity contribution in [2.75, 3.05) is 33.9 Å². The number of aliphatic hydroxyl groups is 1. The SMILES string of the molecule is COC1(OC)CN(CC2CCCC(O)C2)C1. The van der Waals surface area contributed by atoms with E-state index in [1.54, 1.807) is 14.2 Å². The molecule has 0 bridgehead atoms. The van der Waals surface area contributed by atoms with Crippen LogP contribution in [0, 0.1) is 5.92 Å². The van der Waals surface area contributed by atoms with E-state index in [0.29, 0.717) is 5.92 Å². The molecule has 2 rings (SSSR count). The highest BCUT2D eigenvalue weighted by Crippen LogP contribution is 2.30. The predicted octanol–water partition coefficient (Wildman–Crippen LogP) is 0.842. The minimum Gasteiger partial charge on any atom is -0.393 e. The van der Waals surface area contributed by atoms with Crippen LogP contribution in [0.25, 0.3) is 0 Å². The van der Waals surface area contributed by atoms with Gasteiger partial charge in [-0.05, 0) is 25.2 Å². The third kappa shape index (κ3) is 2.56. The first-order valence-electron chi connectivity index (χ1n) is 6.18. The molecule has 0 aromatic rings. The number of likely N-dealkylation sites (tertiary alicyclic amines) is 1. The van der Waals surface area contributed by atoms with Gasteiger partial charge in [0.2, 0.25) is 0 Å². The van der Waals surface area contributed by atoms with Gasteiger partial charge in [-0.3, -0.25) is 4.90 Å². The van der Waals surface area contributed by atoms with Crippen LogP contribution in [0.15, 0.2) is 0 Å². The summed E-state index contributed by atoms with van der Waals surface area (Å²) in [6.07, 6.45) is 4.29. The molecular formula is C12H23NO3. The van der Waals surface area contributed by atoms with E-state index in [4.69, 9.17) is 9.47 Å². The normalized spacial score (nSPS) is 34.7. The standard InChI is InChI=1S/C12H23NO3/c1-15-12(16-2)8-13(9-12)7-10-4-3-5-11(14)6-10/h10-11,14H,3-9H2,1-2H3. The molecule has 0 aromatic carbocycles. The summed E-state index contributed by atoms with van der Waals surface area (Å²) in [6, 6.07) is 0. The fourth-order valence-corrected chi connectivity index (χ4v) is 2.90. The summed E-state index contributed by atoms with van der Waals surface area (Å²) in [4.78, 5) is 2.36. The summed E-state index contributed by atoms with van der Waals surface area (Å²) in [5.41, 5.74) is 0. The maximum atomic E-state index is 9.61. The van der Waals surface area contributed by atoms with Gasteiger partial charge in [0.15, 0.2) is 5.79 Å². The lowest BCUT2D eigenvalue weighted by molar-refractivity contribution is -0.277.